The molecule has 0 aromatic heterocycles. The van der Waals surface area contributed by atoms with E-state index < -0.39 is 0 Å². The van der Waals surface area contributed by atoms with E-state index >= 15 is 0 Å². The first-order valence-electron chi connectivity index (χ1n) is 6.82. The van der Waals surface area contributed by atoms with Crippen molar-refractivity contribution in [2.24, 2.45) is 0 Å². The fourth-order valence-corrected chi connectivity index (χ4v) is 2.15. The van der Waals surface area contributed by atoms with Gasteiger partial charge in [-0.2, -0.15) is 0 Å². The summed E-state index contributed by atoms with van der Waals surface area (Å²) in [4.78, 5) is 2.33. The molecule has 3 heteroatoms. The van der Waals surface area contributed by atoms with Gasteiger partial charge in [0.15, 0.2) is 0 Å². The summed E-state index contributed by atoms with van der Waals surface area (Å²) in [5.41, 5.74) is 2.55. The molecule has 0 aliphatic carbocycles. The van der Waals surface area contributed by atoms with E-state index in [4.69, 9.17) is 11.6 Å². The lowest BCUT2D eigenvalue weighted by Gasteiger charge is -2.28. The first-order chi connectivity index (χ1) is 8.60. The summed E-state index contributed by atoms with van der Waals surface area (Å²) in [6.45, 7) is 8.56. The number of hydrogen-bond donors (Lipinski definition) is 1. The normalized spacial score (nSPS) is 12.5. The van der Waals surface area contributed by atoms with Crippen LogP contribution in [0.1, 0.15) is 39.2 Å². The zero-order valence-electron chi connectivity index (χ0n) is 12.0. The average Bonchev–Trinajstić information content (AvgIpc) is 2.37. The van der Waals surface area contributed by atoms with Crippen LogP contribution in [0.25, 0.3) is 0 Å². The molecule has 0 saturated heterocycles. The zero-order chi connectivity index (χ0) is 13.5. The van der Waals surface area contributed by atoms with Gasteiger partial charge in [0.1, 0.15) is 0 Å². The monoisotopic (exact) mass is 268 g/mol. The highest BCUT2D eigenvalue weighted by molar-refractivity contribution is 6.30. The predicted octanol–water partition coefficient (Wildman–Crippen LogP) is 4.07. The van der Waals surface area contributed by atoms with Crippen LogP contribution >= 0.6 is 11.6 Å². The second-order valence-electron chi connectivity index (χ2n) is 4.82. The van der Waals surface area contributed by atoms with Crippen LogP contribution in [0.2, 0.25) is 5.02 Å². The lowest BCUT2D eigenvalue weighted by atomic mass is 10.1. The Morgan fingerprint density at radius 2 is 2.06 bits per heavy atom. The third-order valence-corrected chi connectivity index (χ3v) is 3.65. The number of halogens is 1. The van der Waals surface area contributed by atoms with Gasteiger partial charge in [-0.15, -0.1) is 0 Å². The van der Waals surface area contributed by atoms with E-state index in [1.165, 1.54) is 11.3 Å². The summed E-state index contributed by atoms with van der Waals surface area (Å²) in [5, 5.41) is 4.26. The first kappa shape index (κ1) is 15.3. The molecule has 102 valence electrons. The lowest BCUT2D eigenvalue weighted by Crippen LogP contribution is -2.29. The first-order valence-corrected chi connectivity index (χ1v) is 7.19. The molecule has 0 fully saturated rings. The van der Waals surface area contributed by atoms with Gasteiger partial charge in [-0.25, -0.2) is 0 Å². The van der Waals surface area contributed by atoms with Crippen molar-refractivity contribution in [3.05, 3.63) is 28.8 Å². The third-order valence-electron chi connectivity index (χ3n) is 3.42. The molecule has 1 N–H and O–H groups in total. The minimum atomic E-state index is 0.538. The van der Waals surface area contributed by atoms with Gasteiger partial charge in [-0.1, -0.05) is 25.4 Å². The van der Waals surface area contributed by atoms with Crippen LogP contribution < -0.4 is 10.2 Å². The van der Waals surface area contributed by atoms with E-state index in [0.29, 0.717) is 6.04 Å². The van der Waals surface area contributed by atoms with Gasteiger partial charge in [-0.3, -0.25) is 0 Å². The van der Waals surface area contributed by atoms with Gasteiger partial charge in [0, 0.05) is 30.3 Å². The van der Waals surface area contributed by atoms with Crippen molar-refractivity contribution >= 4 is 17.3 Å². The Kier molecular flexibility index (Phi) is 6.51. The quantitative estimate of drug-likeness (QED) is 0.750. The highest BCUT2D eigenvalue weighted by Crippen LogP contribution is 2.25. The minimum Gasteiger partial charge on any atom is -0.372 e. The molecule has 0 bridgehead atoms. The van der Waals surface area contributed by atoms with E-state index in [1.54, 1.807) is 0 Å². The van der Waals surface area contributed by atoms with E-state index in [0.717, 1.165) is 31.0 Å². The van der Waals surface area contributed by atoms with Gasteiger partial charge in [0.2, 0.25) is 0 Å². The van der Waals surface area contributed by atoms with E-state index in [2.05, 4.69) is 50.2 Å². The van der Waals surface area contributed by atoms with E-state index in [9.17, 15) is 0 Å². The number of hydrogen-bond acceptors (Lipinski definition) is 2. The van der Waals surface area contributed by atoms with Crippen molar-refractivity contribution < 1.29 is 0 Å². The molecule has 1 rings (SSSR count). The maximum absolute atomic E-state index is 6.10. The average molecular weight is 269 g/mol. The topological polar surface area (TPSA) is 15.3 Å². The van der Waals surface area contributed by atoms with Crippen LogP contribution in [0, 0.1) is 0 Å². The van der Waals surface area contributed by atoms with Crippen LogP contribution in [0.4, 0.5) is 5.69 Å². The predicted molar refractivity (Wildman–Crippen MR) is 81.6 cm³/mol. The number of nitrogens with one attached hydrogen (secondary N) is 1. The van der Waals surface area contributed by atoms with E-state index in [-0.39, 0.29) is 0 Å². The molecule has 2 nitrogen and oxygen atoms in total. The Hall–Kier alpha value is -0.730. The fraction of sp³-hybridized carbons (Fsp3) is 0.600. The molecule has 1 aromatic carbocycles. The standard InChI is InChI=1S/C15H25ClN2/c1-5-9-17-11-13-10-14(16)7-8-15(13)18(4)12(3)6-2/h7-8,10,12,17H,5-6,9,11H2,1-4H3. The van der Waals surface area contributed by atoms with Crippen molar-refractivity contribution in [2.45, 2.75) is 46.2 Å². The number of anilines is 1. The largest absolute Gasteiger partial charge is 0.372 e. The number of benzene rings is 1. The summed E-state index contributed by atoms with van der Waals surface area (Å²) in [6, 6.07) is 6.70. The maximum Gasteiger partial charge on any atom is 0.0412 e. The molecule has 18 heavy (non-hydrogen) atoms. The summed E-state index contributed by atoms with van der Waals surface area (Å²) in [6.07, 6.45) is 2.29. The molecule has 0 spiro atoms. The van der Waals surface area contributed by atoms with Gasteiger partial charge in [-0.05, 0) is 50.1 Å². The van der Waals surface area contributed by atoms with Gasteiger partial charge >= 0.3 is 0 Å². The molecule has 0 aliphatic rings. The number of nitrogens with zero attached hydrogens (tertiary/aromatic N) is 1. The summed E-state index contributed by atoms with van der Waals surface area (Å²) < 4.78 is 0. The molecule has 1 atom stereocenters. The van der Waals surface area contributed by atoms with Gasteiger partial charge in [0.25, 0.3) is 0 Å². The molecule has 1 unspecified atom stereocenters. The van der Waals surface area contributed by atoms with Crippen molar-refractivity contribution in [3.8, 4) is 0 Å². The van der Waals surface area contributed by atoms with E-state index in [1.807, 2.05) is 6.07 Å². The SMILES string of the molecule is CCCNCc1cc(Cl)ccc1N(C)C(C)CC. The van der Waals surface area contributed by atoms with Crippen molar-refractivity contribution in [2.75, 3.05) is 18.5 Å². The Morgan fingerprint density at radius 3 is 2.67 bits per heavy atom. The lowest BCUT2D eigenvalue weighted by molar-refractivity contribution is 0.647. The summed E-state index contributed by atoms with van der Waals surface area (Å²) >= 11 is 6.10. The number of rotatable bonds is 7. The van der Waals surface area contributed by atoms with Crippen molar-refractivity contribution in [3.63, 3.8) is 0 Å². The summed E-state index contributed by atoms with van der Waals surface area (Å²) in [5.74, 6) is 0. The minimum absolute atomic E-state index is 0.538. The second kappa shape index (κ2) is 7.65. The van der Waals surface area contributed by atoms with Crippen molar-refractivity contribution in [1.29, 1.82) is 0 Å². The Bertz CT molecular complexity index is 366. The Labute approximate surface area is 116 Å². The molecule has 0 saturated carbocycles. The molecule has 0 radical (unpaired) electrons. The molecular formula is C15H25ClN2. The second-order valence-corrected chi connectivity index (χ2v) is 5.25. The Balaban J connectivity index is 2.88. The molecule has 0 amide bonds. The van der Waals surface area contributed by atoms with Crippen LogP contribution in [-0.2, 0) is 6.54 Å². The highest BCUT2D eigenvalue weighted by Gasteiger charge is 2.12. The van der Waals surface area contributed by atoms with Crippen LogP contribution in [0.3, 0.4) is 0 Å². The molecule has 1 aromatic rings. The van der Waals surface area contributed by atoms with Gasteiger partial charge in [0.05, 0.1) is 0 Å². The van der Waals surface area contributed by atoms with Crippen LogP contribution in [0.5, 0.6) is 0 Å². The van der Waals surface area contributed by atoms with Gasteiger partial charge < -0.3 is 10.2 Å². The third kappa shape index (κ3) is 4.18. The fourth-order valence-electron chi connectivity index (χ4n) is 1.95. The molecular weight excluding hydrogens is 244 g/mol. The Morgan fingerprint density at radius 1 is 1.33 bits per heavy atom. The molecule has 0 heterocycles. The smallest absolute Gasteiger partial charge is 0.0412 e. The zero-order valence-corrected chi connectivity index (χ0v) is 12.7. The van der Waals surface area contributed by atoms with Crippen LogP contribution in [0.15, 0.2) is 18.2 Å². The maximum atomic E-state index is 6.10. The summed E-state index contributed by atoms with van der Waals surface area (Å²) in [7, 11) is 2.15. The highest BCUT2D eigenvalue weighted by atomic mass is 35.5. The van der Waals surface area contributed by atoms with Crippen molar-refractivity contribution in [1.82, 2.24) is 5.32 Å². The van der Waals surface area contributed by atoms with Crippen LogP contribution in [-0.4, -0.2) is 19.6 Å². The molecule has 0 aliphatic heterocycles.